The first-order valence-corrected chi connectivity index (χ1v) is 8.34. The van der Waals surface area contributed by atoms with Crippen LogP contribution in [0.3, 0.4) is 0 Å². The molecule has 1 aromatic carbocycles. The molecule has 0 aliphatic heterocycles. The van der Waals surface area contributed by atoms with Gasteiger partial charge in [0.25, 0.3) is 0 Å². The molecule has 0 atom stereocenters. The molecule has 0 bridgehead atoms. The first-order valence-electron chi connectivity index (χ1n) is 6.52. The van der Waals surface area contributed by atoms with Crippen LogP contribution in [-0.4, -0.2) is 48.7 Å². The first-order chi connectivity index (χ1) is 10.0. The molecule has 1 aromatic rings. The Kier molecular flexibility index (Phi) is 5.25. The zero-order valence-corrected chi connectivity index (χ0v) is 12.9. The molecule has 21 heavy (non-hydrogen) atoms. The number of benzene rings is 1. The minimum atomic E-state index is -3.72. The van der Waals surface area contributed by atoms with Gasteiger partial charge in [-0.25, -0.2) is 8.42 Å². The van der Waals surface area contributed by atoms with E-state index in [4.69, 9.17) is 21.8 Å². The van der Waals surface area contributed by atoms with Crippen molar-refractivity contribution in [3.05, 3.63) is 28.8 Å². The third kappa shape index (κ3) is 3.76. The van der Waals surface area contributed by atoms with Crippen LogP contribution in [0, 0.1) is 11.8 Å². The molecule has 0 unspecified atom stereocenters. The van der Waals surface area contributed by atoms with Crippen LogP contribution in [0.4, 0.5) is 0 Å². The Hall–Kier alpha value is -1.10. The third-order valence-corrected chi connectivity index (χ3v) is 5.54. The van der Waals surface area contributed by atoms with Crippen molar-refractivity contribution >= 4 is 21.6 Å². The van der Waals surface area contributed by atoms with Crippen molar-refractivity contribution in [2.45, 2.75) is 23.8 Å². The summed E-state index contributed by atoms with van der Waals surface area (Å²) in [6, 6.07) is 4.37. The van der Waals surface area contributed by atoms with Crippen LogP contribution in [-0.2, 0) is 10.0 Å². The second-order valence-corrected chi connectivity index (χ2v) is 6.94. The fraction of sp³-hybridized carbons (Fsp3) is 0.429. The summed E-state index contributed by atoms with van der Waals surface area (Å²) in [5.41, 5.74) is 0.535. The molecular formula is C14H16ClNO4S. The zero-order valence-electron chi connectivity index (χ0n) is 11.3. The molecule has 114 valence electrons. The van der Waals surface area contributed by atoms with Crippen LogP contribution in [0.5, 0.6) is 0 Å². The largest absolute Gasteiger partial charge is 0.395 e. The lowest BCUT2D eigenvalue weighted by molar-refractivity contribution is 0.250. The fourth-order valence-electron chi connectivity index (χ4n) is 2.02. The standard InChI is InChI=1S/C14H16ClNO4S/c15-13-10-11(2-1-8-17)3-6-14(13)21(19,20)16(7-9-18)12-4-5-12/h3,6,10,12,17-18H,4-5,7-9H2. The van der Waals surface area contributed by atoms with Gasteiger partial charge >= 0.3 is 0 Å². The van der Waals surface area contributed by atoms with Gasteiger partial charge in [0, 0.05) is 18.2 Å². The molecule has 0 aromatic heterocycles. The average molecular weight is 330 g/mol. The van der Waals surface area contributed by atoms with Crippen LogP contribution in [0.15, 0.2) is 23.1 Å². The molecule has 1 saturated carbocycles. The maximum atomic E-state index is 12.6. The number of sulfonamides is 1. The van der Waals surface area contributed by atoms with Gasteiger partial charge in [0.05, 0.1) is 11.6 Å². The molecule has 5 nitrogen and oxygen atoms in total. The Morgan fingerprint density at radius 2 is 2.05 bits per heavy atom. The Balaban J connectivity index is 2.35. The normalized spacial score (nSPS) is 14.9. The maximum absolute atomic E-state index is 12.6. The lowest BCUT2D eigenvalue weighted by Crippen LogP contribution is -2.35. The molecule has 0 spiro atoms. The Morgan fingerprint density at radius 1 is 1.33 bits per heavy atom. The summed E-state index contributed by atoms with van der Waals surface area (Å²) in [6.07, 6.45) is 1.60. The van der Waals surface area contributed by atoms with Crippen molar-refractivity contribution in [1.82, 2.24) is 4.31 Å². The Morgan fingerprint density at radius 3 is 2.57 bits per heavy atom. The molecule has 0 saturated heterocycles. The second-order valence-electron chi connectivity index (χ2n) is 4.68. The van der Waals surface area contributed by atoms with E-state index in [1.54, 1.807) is 6.07 Å². The average Bonchev–Trinajstić information content (AvgIpc) is 3.26. The minimum Gasteiger partial charge on any atom is -0.395 e. The van der Waals surface area contributed by atoms with Crippen molar-refractivity contribution in [1.29, 1.82) is 0 Å². The summed E-state index contributed by atoms with van der Waals surface area (Å²) < 4.78 is 26.5. The van der Waals surface area contributed by atoms with E-state index in [0.29, 0.717) is 5.56 Å². The number of nitrogens with zero attached hydrogens (tertiary/aromatic N) is 1. The van der Waals surface area contributed by atoms with Gasteiger partial charge in [-0.15, -0.1) is 0 Å². The van der Waals surface area contributed by atoms with Crippen LogP contribution in [0.2, 0.25) is 5.02 Å². The molecule has 2 N–H and O–H groups in total. The van der Waals surface area contributed by atoms with Crippen LogP contribution in [0.25, 0.3) is 0 Å². The van der Waals surface area contributed by atoms with Crippen molar-refractivity contribution in [3.8, 4) is 11.8 Å². The number of halogens is 1. The number of hydrogen-bond donors (Lipinski definition) is 2. The Bertz CT molecular complexity index is 674. The van der Waals surface area contributed by atoms with Gasteiger partial charge in [-0.3, -0.25) is 0 Å². The predicted molar refractivity (Wildman–Crippen MR) is 79.4 cm³/mol. The smallest absolute Gasteiger partial charge is 0.244 e. The summed E-state index contributed by atoms with van der Waals surface area (Å²) in [5, 5.41) is 17.8. The molecule has 1 aliphatic rings. The summed E-state index contributed by atoms with van der Waals surface area (Å²) in [6.45, 7) is -0.438. The van der Waals surface area contributed by atoms with E-state index in [1.807, 2.05) is 0 Å². The third-order valence-electron chi connectivity index (χ3n) is 3.10. The number of hydrogen-bond acceptors (Lipinski definition) is 4. The van der Waals surface area contributed by atoms with E-state index in [9.17, 15) is 8.42 Å². The highest BCUT2D eigenvalue weighted by atomic mass is 35.5. The minimum absolute atomic E-state index is 0.0130. The molecule has 0 amide bonds. The molecule has 1 aliphatic carbocycles. The molecule has 7 heteroatoms. The van der Waals surface area contributed by atoms with Crippen molar-refractivity contribution in [2.75, 3.05) is 19.8 Å². The highest BCUT2D eigenvalue weighted by Gasteiger charge is 2.38. The molecule has 0 heterocycles. The highest BCUT2D eigenvalue weighted by molar-refractivity contribution is 7.89. The SMILES string of the molecule is O=S(=O)(c1ccc(C#CCO)cc1Cl)N(CCO)C1CC1. The van der Waals surface area contributed by atoms with Crippen molar-refractivity contribution < 1.29 is 18.6 Å². The summed E-state index contributed by atoms with van der Waals surface area (Å²) in [4.78, 5) is 0.0130. The monoisotopic (exact) mass is 329 g/mol. The fourth-order valence-corrected chi connectivity index (χ4v) is 4.21. The van der Waals surface area contributed by atoms with Gasteiger partial charge < -0.3 is 10.2 Å². The molecule has 0 radical (unpaired) electrons. The number of aliphatic hydroxyl groups excluding tert-OH is 2. The zero-order chi connectivity index (χ0) is 15.5. The van der Waals surface area contributed by atoms with Gasteiger partial charge in [0.1, 0.15) is 11.5 Å². The molecule has 1 fully saturated rings. The number of aliphatic hydroxyl groups is 2. The van der Waals surface area contributed by atoms with Gasteiger partial charge in [0.2, 0.25) is 10.0 Å². The quantitative estimate of drug-likeness (QED) is 0.784. The van der Waals surface area contributed by atoms with E-state index in [2.05, 4.69) is 11.8 Å². The highest BCUT2D eigenvalue weighted by Crippen LogP contribution is 2.34. The predicted octanol–water partition coefficient (Wildman–Crippen LogP) is 0.829. The summed E-state index contributed by atoms with van der Waals surface area (Å²) >= 11 is 6.06. The second kappa shape index (κ2) is 6.77. The van der Waals surface area contributed by atoms with E-state index in [0.717, 1.165) is 12.8 Å². The lowest BCUT2D eigenvalue weighted by Gasteiger charge is -2.21. The van der Waals surface area contributed by atoms with Crippen LogP contribution in [0.1, 0.15) is 18.4 Å². The molecule has 2 rings (SSSR count). The van der Waals surface area contributed by atoms with E-state index >= 15 is 0 Å². The molecular weight excluding hydrogens is 314 g/mol. The van der Waals surface area contributed by atoms with Gasteiger partial charge in [0.15, 0.2) is 0 Å². The summed E-state index contributed by atoms with van der Waals surface area (Å²) in [5.74, 6) is 5.15. The summed E-state index contributed by atoms with van der Waals surface area (Å²) in [7, 11) is -3.72. The lowest BCUT2D eigenvalue weighted by atomic mass is 10.2. The first kappa shape index (κ1) is 16.3. The van der Waals surface area contributed by atoms with E-state index in [1.165, 1.54) is 16.4 Å². The maximum Gasteiger partial charge on any atom is 0.244 e. The van der Waals surface area contributed by atoms with Crippen LogP contribution < -0.4 is 0 Å². The number of rotatable bonds is 5. The van der Waals surface area contributed by atoms with Gasteiger partial charge in [-0.1, -0.05) is 23.4 Å². The van der Waals surface area contributed by atoms with E-state index < -0.39 is 10.0 Å². The van der Waals surface area contributed by atoms with Crippen molar-refractivity contribution in [3.63, 3.8) is 0 Å². The van der Waals surface area contributed by atoms with Gasteiger partial charge in [-0.05, 0) is 31.0 Å². The van der Waals surface area contributed by atoms with Crippen molar-refractivity contribution in [2.24, 2.45) is 0 Å². The van der Waals surface area contributed by atoms with Gasteiger partial charge in [-0.2, -0.15) is 4.31 Å². The Labute approximate surface area is 129 Å². The van der Waals surface area contributed by atoms with Crippen LogP contribution >= 0.6 is 11.6 Å². The van der Waals surface area contributed by atoms with E-state index in [-0.39, 0.29) is 35.7 Å². The topological polar surface area (TPSA) is 77.8 Å².